The number of benzene rings is 1. The van der Waals surface area contributed by atoms with Gasteiger partial charge in [-0.05, 0) is 23.8 Å². The summed E-state index contributed by atoms with van der Waals surface area (Å²) in [7, 11) is 0. The Hall–Kier alpha value is -1.91. The molecule has 4 nitrogen and oxygen atoms in total. The van der Waals surface area contributed by atoms with Gasteiger partial charge >= 0.3 is 0 Å². The van der Waals surface area contributed by atoms with Crippen molar-refractivity contribution in [3.63, 3.8) is 0 Å². The van der Waals surface area contributed by atoms with Gasteiger partial charge in [0, 0.05) is 12.7 Å². The van der Waals surface area contributed by atoms with Crippen molar-refractivity contribution in [3.8, 4) is 11.6 Å². The van der Waals surface area contributed by atoms with Crippen LogP contribution < -0.4 is 5.73 Å². The van der Waals surface area contributed by atoms with Crippen molar-refractivity contribution in [1.29, 1.82) is 0 Å². The lowest BCUT2D eigenvalue weighted by atomic mass is 10.2. The molecule has 90 valence electrons. The number of fused-ring (bicyclic) bond motifs is 1. The largest absolute Gasteiger partial charge is 0.433 e. The highest BCUT2D eigenvalue weighted by Gasteiger charge is 2.11. The van der Waals surface area contributed by atoms with Gasteiger partial charge in [0.25, 0.3) is 0 Å². The molecule has 2 N–H and O–H groups in total. The summed E-state index contributed by atoms with van der Waals surface area (Å²) >= 11 is 6.03. The highest BCUT2D eigenvalue weighted by Crippen LogP contribution is 2.27. The van der Waals surface area contributed by atoms with Gasteiger partial charge in [-0.2, -0.15) is 0 Å². The van der Waals surface area contributed by atoms with Crippen LogP contribution in [0.1, 0.15) is 5.56 Å². The predicted octanol–water partition coefficient (Wildman–Crippen LogP) is 3.00. The molecule has 0 atom stereocenters. The molecule has 0 fully saturated rings. The van der Waals surface area contributed by atoms with Crippen molar-refractivity contribution in [3.05, 3.63) is 47.1 Å². The van der Waals surface area contributed by atoms with Gasteiger partial charge in [-0.25, -0.2) is 4.98 Å². The molecule has 2 heterocycles. The predicted molar refractivity (Wildman–Crippen MR) is 70.1 cm³/mol. The fraction of sp³-hybridized carbons (Fsp3) is 0.0769. The molecular weight excluding hydrogens is 250 g/mol. The van der Waals surface area contributed by atoms with E-state index in [1.54, 1.807) is 12.3 Å². The topological polar surface area (TPSA) is 64.9 Å². The number of para-hydroxylation sites is 1. The lowest BCUT2D eigenvalue weighted by molar-refractivity contribution is 0.617. The number of halogens is 1. The number of hydrogen-bond acceptors (Lipinski definition) is 4. The first-order valence-electron chi connectivity index (χ1n) is 5.48. The van der Waals surface area contributed by atoms with Gasteiger partial charge in [0.2, 0.25) is 5.89 Å². The summed E-state index contributed by atoms with van der Waals surface area (Å²) in [5.41, 5.74) is 8.46. The quantitative estimate of drug-likeness (QED) is 0.768. The highest BCUT2D eigenvalue weighted by atomic mass is 35.5. The van der Waals surface area contributed by atoms with Crippen LogP contribution in [0, 0.1) is 0 Å². The smallest absolute Gasteiger partial charge is 0.246 e. The van der Waals surface area contributed by atoms with E-state index in [1.807, 2.05) is 24.3 Å². The molecule has 0 aliphatic rings. The normalized spacial score (nSPS) is 11.0. The van der Waals surface area contributed by atoms with Gasteiger partial charge in [-0.1, -0.05) is 23.7 Å². The fourth-order valence-electron chi connectivity index (χ4n) is 1.70. The lowest BCUT2D eigenvalue weighted by Gasteiger charge is -1.96. The second-order valence-corrected chi connectivity index (χ2v) is 4.27. The van der Waals surface area contributed by atoms with E-state index in [2.05, 4.69) is 9.97 Å². The molecule has 3 aromatic rings. The van der Waals surface area contributed by atoms with E-state index in [9.17, 15) is 0 Å². The molecule has 18 heavy (non-hydrogen) atoms. The third kappa shape index (κ3) is 1.85. The van der Waals surface area contributed by atoms with Crippen LogP contribution in [0.25, 0.3) is 22.7 Å². The second-order valence-electron chi connectivity index (χ2n) is 3.86. The minimum Gasteiger partial charge on any atom is -0.433 e. The van der Waals surface area contributed by atoms with Gasteiger partial charge in [-0.3, -0.25) is 4.98 Å². The van der Waals surface area contributed by atoms with Crippen molar-refractivity contribution in [2.75, 3.05) is 0 Å². The second kappa shape index (κ2) is 4.40. The maximum atomic E-state index is 6.03. The summed E-state index contributed by atoms with van der Waals surface area (Å²) in [6.07, 6.45) is 1.71. The molecule has 0 amide bonds. The fourth-order valence-corrected chi connectivity index (χ4v) is 1.90. The standard InChI is InChI=1S/C13H10ClN3O/c14-9-2-1-3-10-12(9)18-13(17-10)11-5-4-8(6-15)7-16-11/h1-5,7H,6,15H2. The Labute approximate surface area is 108 Å². The van der Waals surface area contributed by atoms with Crippen LogP contribution >= 0.6 is 11.6 Å². The summed E-state index contributed by atoms with van der Waals surface area (Å²) in [6, 6.07) is 9.19. The number of pyridine rings is 1. The van der Waals surface area contributed by atoms with E-state index in [-0.39, 0.29) is 0 Å². The molecule has 3 rings (SSSR count). The molecule has 5 heteroatoms. The highest BCUT2D eigenvalue weighted by molar-refractivity contribution is 6.34. The Morgan fingerprint density at radius 2 is 2.11 bits per heavy atom. The molecule has 0 saturated heterocycles. The number of nitrogens with two attached hydrogens (primary N) is 1. The van der Waals surface area contributed by atoms with Gasteiger partial charge in [0.15, 0.2) is 5.58 Å². The lowest BCUT2D eigenvalue weighted by Crippen LogP contribution is -1.96. The Morgan fingerprint density at radius 3 is 2.78 bits per heavy atom. The molecule has 0 unspecified atom stereocenters. The average molecular weight is 260 g/mol. The summed E-state index contributed by atoms with van der Waals surface area (Å²) in [6.45, 7) is 0.465. The summed E-state index contributed by atoms with van der Waals surface area (Å²) in [5.74, 6) is 0.460. The first kappa shape index (κ1) is 11.2. The van der Waals surface area contributed by atoms with E-state index < -0.39 is 0 Å². The minimum absolute atomic E-state index is 0.460. The molecule has 0 saturated carbocycles. The number of rotatable bonds is 2. The Kier molecular flexibility index (Phi) is 2.74. The summed E-state index contributed by atoms with van der Waals surface area (Å²) < 4.78 is 5.62. The molecule has 2 aromatic heterocycles. The molecule has 0 aliphatic carbocycles. The molecular formula is C13H10ClN3O. The van der Waals surface area contributed by atoms with Crippen LogP contribution in [0.3, 0.4) is 0 Å². The minimum atomic E-state index is 0.460. The van der Waals surface area contributed by atoms with Crippen molar-refractivity contribution in [2.24, 2.45) is 5.73 Å². The zero-order valence-electron chi connectivity index (χ0n) is 9.43. The average Bonchev–Trinajstić information content (AvgIpc) is 2.84. The number of oxazole rings is 1. The molecule has 0 aliphatic heterocycles. The zero-order valence-corrected chi connectivity index (χ0v) is 10.2. The third-order valence-electron chi connectivity index (χ3n) is 2.65. The third-order valence-corrected chi connectivity index (χ3v) is 2.94. The van der Waals surface area contributed by atoms with Gasteiger partial charge < -0.3 is 10.2 Å². The van der Waals surface area contributed by atoms with Gasteiger partial charge in [-0.15, -0.1) is 0 Å². The Balaban J connectivity index is 2.10. The first-order valence-corrected chi connectivity index (χ1v) is 5.86. The van der Waals surface area contributed by atoms with E-state index in [0.29, 0.717) is 28.7 Å². The number of hydrogen-bond donors (Lipinski definition) is 1. The first-order chi connectivity index (χ1) is 8.78. The maximum Gasteiger partial charge on any atom is 0.246 e. The van der Waals surface area contributed by atoms with Crippen LogP contribution in [0.4, 0.5) is 0 Å². The monoisotopic (exact) mass is 259 g/mol. The van der Waals surface area contributed by atoms with Gasteiger partial charge in [0.05, 0.1) is 5.02 Å². The SMILES string of the molecule is NCc1ccc(-c2nc3cccc(Cl)c3o2)nc1. The van der Waals surface area contributed by atoms with Crippen LogP contribution in [0.2, 0.25) is 5.02 Å². The molecule has 1 aromatic carbocycles. The van der Waals surface area contributed by atoms with Crippen molar-refractivity contribution in [2.45, 2.75) is 6.54 Å². The summed E-state index contributed by atoms with van der Waals surface area (Å²) in [4.78, 5) is 8.62. The molecule has 0 spiro atoms. The number of aromatic nitrogens is 2. The van der Waals surface area contributed by atoms with Crippen molar-refractivity contribution < 1.29 is 4.42 Å². The van der Waals surface area contributed by atoms with Crippen molar-refractivity contribution >= 4 is 22.7 Å². The zero-order chi connectivity index (χ0) is 12.5. The maximum absolute atomic E-state index is 6.03. The van der Waals surface area contributed by atoms with Crippen molar-refractivity contribution in [1.82, 2.24) is 9.97 Å². The number of nitrogens with zero attached hydrogens (tertiary/aromatic N) is 2. The van der Waals surface area contributed by atoms with E-state index in [4.69, 9.17) is 21.8 Å². The molecule has 0 bridgehead atoms. The Bertz CT molecular complexity index is 691. The van der Waals surface area contributed by atoms with Crippen LogP contribution in [0.5, 0.6) is 0 Å². The van der Waals surface area contributed by atoms with E-state index >= 15 is 0 Å². The van der Waals surface area contributed by atoms with Crippen LogP contribution in [-0.2, 0) is 6.54 Å². The van der Waals surface area contributed by atoms with E-state index in [0.717, 1.165) is 11.1 Å². The van der Waals surface area contributed by atoms with Crippen LogP contribution in [-0.4, -0.2) is 9.97 Å². The Morgan fingerprint density at radius 1 is 1.22 bits per heavy atom. The molecule has 0 radical (unpaired) electrons. The summed E-state index contributed by atoms with van der Waals surface area (Å²) in [5, 5.41) is 0.546. The van der Waals surface area contributed by atoms with Crippen LogP contribution in [0.15, 0.2) is 40.9 Å². The van der Waals surface area contributed by atoms with E-state index in [1.165, 1.54) is 0 Å². The van der Waals surface area contributed by atoms with Gasteiger partial charge in [0.1, 0.15) is 11.2 Å².